The number of ether oxygens (including phenoxy) is 2. The summed E-state index contributed by atoms with van der Waals surface area (Å²) in [5.41, 5.74) is 0. The molecule has 1 aliphatic heterocycles. The van der Waals surface area contributed by atoms with Crippen molar-refractivity contribution < 1.29 is 24.2 Å². The Morgan fingerprint density at radius 1 is 1.33 bits per heavy atom. The van der Waals surface area contributed by atoms with E-state index in [-0.39, 0.29) is 5.91 Å². The number of carboxylic acid groups (broad SMARTS) is 1. The van der Waals surface area contributed by atoms with Gasteiger partial charge in [-0.3, -0.25) is 4.79 Å². The highest BCUT2D eigenvalue weighted by Gasteiger charge is 2.21. The van der Waals surface area contributed by atoms with Crippen LogP contribution in [0.3, 0.4) is 0 Å². The van der Waals surface area contributed by atoms with Crippen molar-refractivity contribution in [2.75, 3.05) is 26.4 Å². The highest BCUT2D eigenvalue weighted by molar-refractivity contribution is 5.88. The van der Waals surface area contributed by atoms with E-state index in [1.165, 1.54) is 17.2 Å². The Morgan fingerprint density at radius 2 is 2.05 bits per heavy atom. The van der Waals surface area contributed by atoms with Crippen LogP contribution in [-0.4, -0.2) is 54.4 Å². The molecule has 1 fully saturated rings. The maximum absolute atomic E-state index is 11.5. The van der Waals surface area contributed by atoms with E-state index in [1.54, 1.807) is 0 Å². The molecule has 0 aliphatic carbocycles. The van der Waals surface area contributed by atoms with Crippen LogP contribution in [0, 0.1) is 0 Å². The SMILES string of the molecule is C=CC(=O)N(C=CC(=O)O)CCCCCCOCC1CO1. The highest BCUT2D eigenvalue weighted by Crippen LogP contribution is 2.09. The van der Waals surface area contributed by atoms with Crippen LogP contribution in [-0.2, 0) is 19.1 Å². The van der Waals surface area contributed by atoms with E-state index in [0.717, 1.165) is 45.0 Å². The summed E-state index contributed by atoms with van der Waals surface area (Å²) in [6.45, 7) is 6.13. The van der Waals surface area contributed by atoms with Gasteiger partial charge in [0.2, 0.25) is 5.91 Å². The van der Waals surface area contributed by atoms with E-state index in [9.17, 15) is 9.59 Å². The number of hydrogen-bond acceptors (Lipinski definition) is 4. The summed E-state index contributed by atoms with van der Waals surface area (Å²) in [6.07, 6.45) is 7.50. The predicted octanol–water partition coefficient (Wildman–Crippen LogP) is 1.58. The van der Waals surface area contributed by atoms with Crippen molar-refractivity contribution in [2.45, 2.75) is 31.8 Å². The van der Waals surface area contributed by atoms with E-state index in [0.29, 0.717) is 19.3 Å². The van der Waals surface area contributed by atoms with E-state index in [1.807, 2.05) is 0 Å². The van der Waals surface area contributed by atoms with Crippen molar-refractivity contribution >= 4 is 11.9 Å². The second kappa shape index (κ2) is 10.1. The van der Waals surface area contributed by atoms with Crippen LogP contribution in [0.15, 0.2) is 24.9 Å². The Morgan fingerprint density at radius 3 is 2.67 bits per heavy atom. The first-order valence-electron chi connectivity index (χ1n) is 7.17. The molecule has 118 valence electrons. The molecule has 1 saturated heterocycles. The zero-order valence-electron chi connectivity index (χ0n) is 12.2. The maximum atomic E-state index is 11.5. The average Bonchev–Trinajstić information content (AvgIpc) is 3.28. The molecule has 0 saturated carbocycles. The van der Waals surface area contributed by atoms with E-state index >= 15 is 0 Å². The standard InChI is InChI=1S/C15H23NO5/c1-2-14(17)16(9-7-15(18)19)8-5-3-4-6-10-20-11-13-12-21-13/h2,7,9,13H,1,3-6,8,10-12H2,(H,18,19). The molecule has 1 heterocycles. The van der Waals surface area contributed by atoms with Gasteiger partial charge in [-0.05, 0) is 18.9 Å². The predicted molar refractivity (Wildman–Crippen MR) is 77.7 cm³/mol. The lowest BCUT2D eigenvalue weighted by atomic mass is 10.2. The Kier molecular flexibility index (Phi) is 8.38. The fourth-order valence-corrected chi connectivity index (χ4v) is 1.75. The van der Waals surface area contributed by atoms with Crippen molar-refractivity contribution in [3.63, 3.8) is 0 Å². The maximum Gasteiger partial charge on any atom is 0.329 e. The van der Waals surface area contributed by atoms with Crippen molar-refractivity contribution in [3.05, 3.63) is 24.9 Å². The Hall–Kier alpha value is -1.66. The van der Waals surface area contributed by atoms with Crippen LogP contribution in [0.25, 0.3) is 0 Å². The molecule has 6 heteroatoms. The van der Waals surface area contributed by atoms with Gasteiger partial charge in [-0.1, -0.05) is 19.4 Å². The lowest BCUT2D eigenvalue weighted by Crippen LogP contribution is -2.25. The van der Waals surface area contributed by atoms with E-state index in [2.05, 4.69) is 6.58 Å². The van der Waals surface area contributed by atoms with Crippen LogP contribution in [0.1, 0.15) is 25.7 Å². The summed E-state index contributed by atoms with van der Waals surface area (Å²) in [5, 5.41) is 8.58. The lowest BCUT2D eigenvalue weighted by molar-refractivity contribution is -0.131. The van der Waals surface area contributed by atoms with Crippen LogP contribution >= 0.6 is 0 Å². The first-order valence-corrected chi connectivity index (χ1v) is 7.17. The monoisotopic (exact) mass is 297 g/mol. The molecule has 0 aromatic carbocycles. The molecule has 21 heavy (non-hydrogen) atoms. The largest absolute Gasteiger partial charge is 0.478 e. The molecule has 1 aliphatic rings. The van der Waals surface area contributed by atoms with Crippen LogP contribution in [0.2, 0.25) is 0 Å². The molecular formula is C15H23NO5. The molecule has 1 atom stereocenters. The molecule has 1 N–H and O–H groups in total. The van der Waals surface area contributed by atoms with Gasteiger partial charge in [0.15, 0.2) is 0 Å². The van der Waals surface area contributed by atoms with E-state index in [4.69, 9.17) is 14.6 Å². The second-order valence-corrected chi connectivity index (χ2v) is 4.83. The quantitative estimate of drug-likeness (QED) is 0.336. The van der Waals surface area contributed by atoms with Gasteiger partial charge in [-0.2, -0.15) is 0 Å². The lowest BCUT2D eigenvalue weighted by Gasteiger charge is -2.15. The van der Waals surface area contributed by atoms with Gasteiger partial charge >= 0.3 is 5.97 Å². The first-order chi connectivity index (χ1) is 10.1. The van der Waals surface area contributed by atoms with Crippen LogP contribution in [0.5, 0.6) is 0 Å². The minimum absolute atomic E-state index is 0.291. The number of epoxide rings is 1. The zero-order valence-corrected chi connectivity index (χ0v) is 12.2. The summed E-state index contributed by atoms with van der Waals surface area (Å²) in [5.74, 6) is -1.37. The molecule has 0 aromatic heterocycles. The Bertz CT molecular complexity index is 376. The topological polar surface area (TPSA) is 79.4 Å². The molecule has 6 nitrogen and oxygen atoms in total. The number of hydrogen-bond donors (Lipinski definition) is 1. The molecule has 1 rings (SSSR count). The van der Waals surface area contributed by atoms with Gasteiger partial charge in [-0.15, -0.1) is 0 Å². The number of carbonyl (C=O) groups excluding carboxylic acids is 1. The summed E-state index contributed by atoms with van der Waals surface area (Å²) in [7, 11) is 0. The minimum Gasteiger partial charge on any atom is -0.478 e. The third kappa shape index (κ3) is 8.99. The molecule has 0 radical (unpaired) electrons. The van der Waals surface area contributed by atoms with Crippen molar-refractivity contribution in [1.29, 1.82) is 0 Å². The third-order valence-corrected chi connectivity index (χ3v) is 3.00. The van der Waals surface area contributed by atoms with Crippen molar-refractivity contribution in [2.24, 2.45) is 0 Å². The normalized spacial score (nSPS) is 16.9. The third-order valence-electron chi connectivity index (χ3n) is 3.00. The number of carbonyl (C=O) groups is 2. The number of rotatable bonds is 12. The van der Waals surface area contributed by atoms with Gasteiger partial charge in [0.1, 0.15) is 6.10 Å². The van der Waals surface area contributed by atoms with Gasteiger partial charge in [0.05, 0.1) is 13.2 Å². The fourth-order valence-electron chi connectivity index (χ4n) is 1.75. The van der Waals surface area contributed by atoms with Gasteiger partial charge in [-0.25, -0.2) is 4.79 Å². The molecule has 1 unspecified atom stereocenters. The second-order valence-electron chi connectivity index (χ2n) is 4.83. The number of amides is 1. The van der Waals surface area contributed by atoms with Gasteiger partial charge < -0.3 is 19.5 Å². The van der Waals surface area contributed by atoms with Crippen LogP contribution < -0.4 is 0 Å². The number of unbranched alkanes of at least 4 members (excludes halogenated alkanes) is 3. The Labute approximate surface area is 125 Å². The first kappa shape index (κ1) is 17.4. The number of carboxylic acids is 1. The molecular weight excluding hydrogens is 274 g/mol. The summed E-state index contributed by atoms with van der Waals surface area (Å²) >= 11 is 0. The van der Waals surface area contributed by atoms with Crippen molar-refractivity contribution in [1.82, 2.24) is 4.90 Å². The average molecular weight is 297 g/mol. The summed E-state index contributed by atoms with van der Waals surface area (Å²) in [4.78, 5) is 23.4. The summed E-state index contributed by atoms with van der Waals surface area (Å²) < 4.78 is 10.5. The van der Waals surface area contributed by atoms with E-state index < -0.39 is 5.97 Å². The Balaban J connectivity index is 2.06. The highest BCUT2D eigenvalue weighted by atomic mass is 16.6. The molecule has 0 bridgehead atoms. The number of aliphatic carboxylic acids is 1. The smallest absolute Gasteiger partial charge is 0.329 e. The fraction of sp³-hybridized carbons (Fsp3) is 0.600. The van der Waals surface area contributed by atoms with Gasteiger partial charge in [0.25, 0.3) is 0 Å². The zero-order chi connectivity index (χ0) is 15.5. The minimum atomic E-state index is -1.08. The molecule has 1 amide bonds. The molecule has 0 spiro atoms. The number of nitrogens with zero attached hydrogens (tertiary/aromatic N) is 1. The summed E-state index contributed by atoms with van der Waals surface area (Å²) in [6, 6.07) is 0. The van der Waals surface area contributed by atoms with Crippen molar-refractivity contribution in [3.8, 4) is 0 Å². The van der Waals surface area contributed by atoms with Gasteiger partial charge in [0, 0.05) is 25.4 Å². The van der Waals surface area contributed by atoms with Crippen LogP contribution in [0.4, 0.5) is 0 Å². The molecule has 0 aromatic rings.